The molecule has 0 aromatic carbocycles. The maximum absolute atomic E-state index is 5.60. The summed E-state index contributed by atoms with van der Waals surface area (Å²) >= 11 is 0. The Hall–Kier alpha value is -0.0800. The minimum absolute atomic E-state index is 0.601. The van der Waals surface area contributed by atoms with Crippen LogP contribution in [0.4, 0.5) is 0 Å². The molecule has 1 aliphatic heterocycles. The Balaban J connectivity index is 2.03. The molecular formula is C9H18NO+. The molecule has 3 atom stereocenters. The van der Waals surface area contributed by atoms with Gasteiger partial charge in [0.15, 0.2) is 0 Å². The van der Waals surface area contributed by atoms with E-state index in [-0.39, 0.29) is 0 Å². The van der Waals surface area contributed by atoms with Crippen LogP contribution in [0.3, 0.4) is 0 Å². The molecule has 1 saturated carbocycles. The molecule has 2 fully saturated rings. The number of quaternary nitrogens is 1. The summed E-state index contributed by atoms with van der Waals surface area (Å²) in [6.07, 6.45) is 5.25. The first-order chi connectivity index (χ1) is 5.09. The van der Waals surface area contributed by atoms with Gasteiger partial charge in [-0.3, -0.25) is 0 Å². The number of fused-ring (bicyclic) bond motifs is 1. The topological polar surface area (TPSA) is 12.5 Å². The molecule has 1 aliphatic carbocycles. The van der Waals surface area contributed by atoms with Crippen molar-refractivity contribution in [3.8, 4) is 0 Å². The monoisotopic (exact) mass is 156 g/mol. The lowest BCUT2D eigenvalue weighted by Crippen LogP contribution is -2.49. The first kappa shape index (κ1) is 7.56. The average Bonchev–Trinajstić information content (AvgIpc) is 2.60. The molecule has 0 unspecified atom stereocenters. The van der Waals surface area contributed by atoms with Gasteiger partial charge in [0.05, 0.1) is 27.2 Å². The highest BCUT2D eigenvalue weighted by Gasteiger charge is 2.52. The molecule has 0 amide bonds. The predicted molar refractivity (Wildman–Crippen MR) is 44.3 cm³/mol. The lowest BCUT2D eigenvalue weighted by molar-refractivity contribution is -0.897. The number of ether oxygens (including phenoxy) is 1. The molecule has 2 rings (SSSR count). The molecule has 64 valence electrons. The minimum Gasteiger partial charge on any atom is -0.363 e. The van der Waals surface area contributed by atoms with Crippen LogP contribution in [-0.2, 0) is 4.74 Å². The van der Waals surface area contributed by atoms with E-state index in [0.717, 1.165) is 10.5 Å². The fourth-order valence-electron chi connectivity index (χ4n) is 2.25. The zero-order chi connectivity index (χ0) is 8.06. The van der Waals surface area contributed by atoms with Crippen molar-refractivity contribution < 1.29 is 9.22 Å². The van der Waals surface area contributed by atoms with Gasteiger partial charge < -0.3 is 9.22 Å². The molecule has 11 heavy (non-hydrogen) atoms. The number of hydrogen-bond acceptors (Lipinski definition) is 1. The number of rotatable bonds is 1. The Morgan fingerprint density at radius 1 is 1.18 bits per heavy atom. The van der Waals surface area contributed by atoms with E-state index in [2.05, 4.69) is 21.1 Å². The van der Waals surface area contributed by atoms with E-state index >= 15 is 0 Å². The van der Waals surface area contributed by atoms with Gasteiger partial charge in [-0.25, -0.2) is 0 Å². The Morgan fingerprint density at radius 2 is 1.91 bits per heavy atom. The first-order valence-corrected chi connectivity index (χ1v) is 4.55. The smallest absolute Gasteiger partial charge is 0.136 e. The van der Waals surface area contributed by atoms with Crippen molar-refractivity contribution in [2.24, 2.45) is 0 Å². The zero-order valence-corrected chi connectivity index (χ0v) is 7.71. The van der Waals surface area contributed by atoms with Gasteiger partial charge in [0.2, 0.25) is 0 Å². The number of epoxide rings is 1. The summed E-state index contributed by atoms with van der Waals surface area (Å²) in [5.41, 5.74) is 0. The van der Waals surface area contributed by atoms with Gasteiger partial charge in [-0.05, 0) is 12.8 Å². The number of nitrogens with zero attached hydrogens (tertiary/aromatic N) is 1. The Kier molecular flexibility index (Phi) is 1.52. The van der Waals surface area contributed by atoms with Crippen LogP contribution >= 0.6 is 0 Å². The molecule has 2 heteroatoms. The van der Waals surface area contributed by atoms with Crippen LogP contribution in [-0.4, -0.2) is 43.9 Å². The second-order valence-electron chi connectivity index (χ2n) is 4.75. The van der Waals surface area contributed by atoms with E-state index in [1.807, 2.05) is 0 Å². The van der Waals surface area contributed by atoms with E-state index in [9.17, 15) is 0 Å². The van der Waals surface area contributed by atoms with Crippen LogP contribution in [0, 0.1) is 0 Å². The van der Waals surface area contributed by atoms with E-state index in [1.165, 1.54) is 19.3 Å². The summed E-state index contributed by atoms with van der Waals surface area (Å²) < 4.78 is 6.67. The number of hydrogen-bond donors (Lipinski definition) is 0. The summed E-state index contributed by atoms with van der Waals surface area (Å²) in [6.45, 7) is 0. The van der Waals surface area contributed by atoms with Crippen molar-refractivity contribution in [1.82, 2.24) is 0 Å². The van der Waals surface area contributed by atoms with Crippen LogP contribution in [0.5, 0.6) is 0 Å². The van der Waals surface area contributed by atoms with E-state index < -0.39 is 0 Å². The van der Waals surface area contributed by atoms with Gasteiger partial charge in [0.25, 0.3) is 0 Å². The van der Waals surface area contributed by atoms with E-state index in [0.29, 0.717) is 12.2 Å². The van der Waals surface area contributed by atoms with Crippen LogP contribution in [0.1, 0.15) is 19.3 Å². The molecular weight excluding hydrogens is 138 g/mol. The van der Waals surface area contributed by atoms with E-state index in [4.69, 9.17) is 4.74 Å². The predicted octanol–water partition coefficient (Wildman–Crippen LogP) is 1.01. The largest absolute Gasteiger partial charge is 0.363 e. The summed E-state index contributed by atoms with van der Waals surface area (Å²) in [5.74, 6) is 0. The van der Waals surface area contributed by atoms with Crippen molar-refractivity contribution in [2.45, 2.75) is 37.5 Å². The standard InChI is InChI=1S/C9H18NO/c1-10(2,3)7-5-4-6-8-9(7)11-8/h7-9H,4-6H2,1-3H3/q+1/t7-,8+,9-/m0/s1. The highest BCUT2D eigenvalue weighted by molar-refractivity contribution is 4.95. The van der Waals surface area contributed by atoms with Gasteiger partial charge in [-0.15, -0.1) is 0 Å². The van der Waals surface area contributed by atoms with Gasteiger partial charge in [-0.2, -0.15) is 0 Å². The van der Waals surface area contributed by atoms with Crippen molar-refractivity contribution >= 4 is 0 Å². The molecule has 1 heterocycles. The second kappa shape index (κ2) is 2.20. The Morgan fingerprint density at radius 3 is 2.45 bits per heavy atom. The lowest BCUT2D eigenvalue weighted by Gasteiger charge is -2.34. The molecule has 0 bridgehead atoms. The minimum atomic E-state index is 0.601. The van der Waals surface area contributed by atoms with Gasteiger partial charge >= 0.3 is 0 Å². The van der Waals surface area contributed by atoms with Crippen LogP contribution < -0.4 is 0 Å². The van der Waals surface area contributed by atoms with Crippen molar-refractivity contribution in [3.63, 3.8) is 0 Å². The highest BCUT2D eigenvalue weighted by atomic mass is 16.6. The molecule has 0 aromatic rings. The SMILES string of the molecule is C[N+](C)(C)[C@H]1CCC[C@H]2O[C@H]21. The molecule has 2 aliphatic rings. The maximum atomic E-state index is 5.60. The second-order valence-corrected chi connectivity index (χ2v) is 4.75. The van der Waals surface area contributed by atoms with Gasteiger partial charge in [0, 0.05) is 6.42 Å². The van der Waals surface area contributed by atoms with Crippen LogP contribution in [0.25, 0.3) is 0 Å². The van der Waals surface area contributed by atoms with Crippen molar-refractivity contribution in [3.05, 3.63) is 0 Å². The van der Waals surface area contributed by atoms with Crippen molar-refractivity contribution in [2.75, 3.05) is 21.1 Å². The fourth-order valence-corrected chi connectivity index (χ4v) is 2.25. The third kappa shape index (κ3) is 1.30. The lowest BCUT2D eigenvalue weighted by atomic mass is 9.94. The van der Waals surface area contributed by atoms with E-state index in [1.54, 1.807) is 0 Å². The highest BCUT2D eigenvalue weighted by Crippen LogP contribution is 2.39. The summed E-state index contributed by atoms with van der Waals surface area (Å²) in [6, 6.07) is 0.758. The summed E-state index contributed by atoms with van der Waals surface area (Å²) in [7, 11) is 6.82. The summed E-state index contributed by atoms with van der Waals surface area (Å²) in [4.78, 5) is 0. The normalized spacial score (nSPS) is 43.4. The fraction of sp³-hybridized carbons (Fsp3) is 1.00. The first-order valence-electron chi connectivity index (χ1n) is 4.55. The van der Waals surface area contributed by atoms with Crippen LogP contribution in [0.2, 0.25) is 0 Å². The maximum Gasteiger partial charge on any atom is 0.136 e. The quantitative estimate of drug-likeness (QED) is 0.408. The molecule has 0 spiro atoms. The molecule has 1 saturated heterocycles. The number of likely N-dealkylation sites (N-methyl/N-ethyl adjacent to an activating group) is 1. The third-order valence-electron chi connectivity index (χ3n) is 2.98. The molecule has 0 N–H and O–H groups in total. The zero-order valence-electron chi connectivity index (χ0n) is 7.71. The van der Waals surface area contributed by atoms with Crippen LogP contribution in [0.15, 0.2) is 0 Å². The third-order valence-corrected chi connectivity index (χ3v) is 2.98. The molecule has 0 aromatic heterocycles. The van der Waals surface area contributed by atoms with Gasteiger partial charge in [-0.1, -0.05) is 0 Å². The summed E-state index contributed by atoms with van der Waals surface area (Å²) in [5, 5.41) is 0. The Labute approximate surface area is 68.7 Å². The van der Waals surface area contributed by atoms with Gasteiger partial charge in [0.1, 0.15) is 12.1 Å². The molecule has 2 nitrogen and oxygen atoms in total. The molecule has 0 radical (unpaired) electrons. The Bertz CT molecular complexity index is 161. The average molecular weight is 156 g/mol. The van der Waals surface area contributed by atoms with Crippen molar-refractivity contribution in [1.29, 1.82) is 0 Å².